The van der Waals surface area contributed by atoms with Crippen LogP contribution in [0.15, 0.2) is 45.5 Å². The van der Waals surface area contributed by atoms with Gasteiger partial charge in [0.1, 0.15) is 17.2 Å². The number of anilines is 1. The van der Waals surface area contributed by atoms with Gasteiger partial charge < -0.3 is 14.2 Å². The van der Waals surface area contributed by atoms with E-state index in [1.54, 1.807) is 31.2 Å². The van der Waals surface area contributed by atoms with Gasteiger partial charge >= 0.3 is 5.97 Å². The number of furan rings is 1. The zero-order valence-corrected chi connectivity index (χ0v) is 15.4. The SMILES string of the molecule is CC1=NOC(=O)/C1=C\c1ccc(-c2ccc(N3CCCCC3)c([N+](=O)[O-])c2)o1. The number of nitro groups is 1. The normalized spacial score (nSPS) is 18.3. The van der Waals surface area contributed by atoms with Gasteiger partial charge in [-0.3, -0.25) is 10.1 Å². The highest BCUT2D eigenvalue weighted by molar-refractivity contribution is 6.24. The lowest BCUT2D eigenvalue weighted by Crippen LogP contribution is -2.29. The molecule has 0 atom stereocenters. The molecule has 144 valence electrons. The molecule has 2 aliphatic rings. The lowest BCUT2D eigenvalue weighted by Gasteiger charge is -2.28. The Morgan fingerprint density at radius 1 is 1.18 bits per heavy atom. The number of hydrogen-bond acceptors (Lipinski definition) is 7. The molecule has 0 N–H and O–H groups in total. The molecule has 1 aromatic heterocycles. The lowest BCUT2D eigenvalue weighted by atomic mass is 10.1. The summed E-state index contributed by atoms with van der Waals surface area (Å²) in [6.45, 7) is 3.33. The highest BCUT2D eigenvalue weighted by Gasteiger charge is 2.24. The molecule has 28 heavy (non-hydrogen) atoms. The topological polar surface area (TPSA) is 98.2 Å². The summed E-state index contributed by atoms with van der Waals surface area (Å²) in [5.41, 5.74) is 2.12. The summed E-state index contributed by atoms with van der Waals surface area (Å²) in [7, 11) is 0. The number of rotatable bonds is 4. The number of nitrogens with zero attached hydrogens (tertiary/aromatic N) is 3. The summed E-state index contributed by atoms with van der Waals surface area (Å²) < 4.78 is 5.77. The van der Waals surface area contributed by atoms with E-state index in [2.05, 4.69) is 14.9 Å². The third-order valence-electron chi connectivity index (χ3n) is 4.94. The van der Waals surface area contributed by atoms with Crippen LogP contribution in [0, 0.1) is 10.1 Å². The van der Waals surface area contributed by atoms with E-state index < -0.39 is 5.97 Å². The number of hydrogen-bond donors (Lipinski definition) is 0. The average Bonchev–Trinajstić information content (AvgIpc) is 3.30. The van der Waals surface area contributed by atoms with Crippen molar-refractivity contribution in [1.29, 1.82) is 0 Å². The van der Waals surface area contributed by atoms with Crippen molar-refractivity contribution in [3.05, 3.63) is 51.8 Å². The molecule has 0 radical (unpaired) electrons. The second-order valence-electron chi connectivity index (χ2n) is 6.82. The van der Waals surface area contributed by atoms with Crippen LogP contribution in [0.25, 0.3) is 17.4 Å². The Kier molecular flexibility index (Phi) is 4.68. The fourth-order valence-electron chi connectivity index (χ4n) is 3.47. The number of oxime groups is 1. The molecule has 0 spiro atoms. The maximum atomic E-state index is 11.6. The summed E-state index contributed by atoms with van der Waals surface area (Å²) in [5, 5.41) is 15.3. The predicted molar refractivity (Wildman–Crippen MR) is 104 cm³/mol. The molecule has 0 unspecified atom stereocenters. The number of nitro benzene ring substituents is 1. The molecule has 8 heteroatoms. The first-order valence-electron chi connectivity index (χ1n) is 9.14. The van der Waals surface area contributed by atoms with E-state index in [0.29, 0.717) is 34.1 Å². The van der Waals surface area contributed by atoms with Crippen molar-refractivity contribution in [2.45, 2.75) is 26.2 Å². The fraction of sp³-hybridized carbons (Fsp3) is 0.300. The van der Waals surface area contributed by atoms with Crippen LogP contribution in [0.1, 0.15) is 31.9 Å². The quantitative estimate of drug-likeness (QED) is 0.341. The van der Waals surface area contributed by atoms with E-state index in [9.17, 15) is 14.9 Å². The third-order valence-corrected chi connectivity index (χ3v) is 4.94. The number of carbonyl (C=O) groups is 1. The molecular weight excluding hydrogens is 362 g/mol. The lowest BCUT2D eigenvalue weighted by molar-refractivity contribution is -0.384. The summed E-state index contributed by atoms with van der Waals surface area (Å²) in [5.74, 6) is 0.402. The van der Waals surface area contributed by atoms with E-state index in [1.165, 1.54) is 6.07 Å². The zero-order chi connectivity index (χ0) is 19.7. The molecule has 3 heterocycles. The van der Waals surface area contributed by atoms with Crippen LogP contribution in [0.4, 0.5) is 11.4 Å². The van der Waals surface area contributed by atoms with Gasteiger partial charge in [0.05, 0.1) is 16.2 Å². The van der Waals surface area contributed by atoms with Crippen LogP contribution in [0.2, 0.25) is 0 Å². The number of carbonyl (C=O) groups excluding carboxylic acids is 1. The Morgan fingerprint density at radius 3 is 2.64 bits per heavy atom. The number of piperidine rings is 1. The van der Waals surface area contributed by atoms with Crippen molar-refractivity contribution in [3.63, 3.8) is 0 Å². The fourth-order valence-corrected chi connectivity index (χ4v) is 3.47. The van der Waals surface area contributed by atoms with Gasteiger partial charge in [0.15, 0.2) is 0 Å². The Bertz CT molecular complexity index is 999. The number of benzene rings is 1. The van der Waals surface area contributed by atoms with E-state index in [1.807, 2.05) is 6.07 Å². The molecule has 4 rings (SSSR count). The maximum Gasteiger partial charge on any atom is 0.367 e. The molecular formula is C20H19N3O5. The summed E-state index contributed by atoms with van der Waals surface area (Å²) in [6.07, 6.45) is 4.79. The molecule has 1 saturated heterocycles. The van der Waals surface area contributed by atoms with Crippen LogP contribution >= 0.6 is 0 Å². The molecule has 1 fully saturated rings. The summed E-state index contributed by atoms with van der Waals surface area (Å²) in [6, 6.07) is 8.56. The van der Waals surface area contributed by atoms with E-state index >= 15 is 0 Å². The second kappa shape index (κ2) is 7.30. The van der Waals surface area contributed by atoms with Crippen LogP contribution in [0.5, 0.6) is 0 Å². The van der Waals surface area contributed by atoms with Crippen molar-refractivity contribution in [2.75, 3.05) is 18.0 Å². The highest BCUT2D eigenvalue weighted by Crippen LogP contribution is 2.35. The molecule has 0 bridgehead atoms. The predicted octanol–water partition coefficient (Wildman–Crippen LogP) is 4.16. The Balaban J connectivity index is 1.65. The minimum atomic E-state index is -0.531. The average molecular weight is 381 g/mol. The van der Waals surface area contributed by atoms with Crippen LogP contribution in [-0.2, 0) is 9.63 Å². The maximum absolute atomic E-state index is 11.6. The third kappa shape index (κ3) is 3.40. The van der Waals surface area contributed by atoms with Crippen molar-refractivity contribution >= 4 is 29.1 Å². The largest absolute Gasteiger partial charge is 0.457 e. The molecule has 0 amide bonds. The standard InChI is InChI=1S/C20H19N3O5/c1-13-16(20(24)28-21-13)12-15-6-8-19(27-15)14-5-7-17(18(11-14)23(25)26)22-9-3-2-4-10-22/h5-8,11-12H,2-4,9-10H2,1H3/b16-12-. The van der Waals surface area contributed by atoms with Gasteiger partial charge in [0.2, 0.25) is 0 Å². The van der Waals surface area contributed by atoms with Gasteiger partial charge in [-0.1, -0.05) is 5.16 Å². The minimum Gasteiger partial charge on any atom is -0.457 e. The second-order valence-corrected chi connectivity index (χ2v) is 6.82. The van der Waals surface area contributed by atoms with E-state index in [4.69, 9.17) is 4.42 Å². The van der Waals surface area contributed by atoms with Crippen molar-refractivity contribution in [2.24, 2.45) is 5.16 Å². The molecule has 1 aromatic carbocycles. The van der Waals surface area contributed by atoms with E-state index in [0.717, 1.165) is 32.4 Å². The Morgan fingerprint density at radius 2 is 1.96 bits per heavy atom. The van der Waals surface area contributed by atoms with Crippen molar-refractivity contribution < 1.29 is 19.0 Å². The van der Waals surface area contributed by atoms with Gasteiger partial charge in [-0.2, -0.15) is 0 Å². The monoisotopic (exact) mass is 381 g/mol. The van der Waals surface area contributed by atoms with Gasteiger partial charge in [0.25, 0.3) is 5.69 Å². The first-order chi connectivity index (χ1) is 13.5. The first kappa shape index (κ1) is 18.0. The van der Waals surface area contributed by atoms with E-state index in [-0.39, 0.29) is 10.6 Å². The molecule has 2 aromatic rings. The Hall–Kier alpha value is -3.42. The highest BCUT2D eigenvalue weighted by atomic mass is 16.7. The zero-order valence-electron chi connectivity index (χ0n) is 15.4. The molecule has 0 saturated carbocycles. The van der Waals surface area contributed by atoms with Gasteiger partial charge in [0, 0.05) is 24.7 Å². The first-order valence-corrected chi connectivity index (χ1v) is 9.14. The summed E-state index contributed by atoms with van der Waals surface area (Å²) >= 11 is 0. The van der Waals surface area contributed by atoms with Crippen molar-refractivity contribution in [1.82, 2.24) is 0 Å². The molecule has 0 aliphatic carbocycles. The van der Waals surface area contributed by atoms with Crippen LogP contribution in [0.3, 0.4) is 0 Å². The van der Waals surface area contributed by atoms with Gasteiger partial charge in [-0.05, 0) is 56.5 Å². The van der Waals surface area contributed by atoms with Gasteiger partial charge in [-0.15, -0.1) is 0 Å². The minimum absolute atomic E-state index is 0.0676. The Labute approximate surface area is 161 Å². The summed E-state index contributed by atoms with van der Waals surface area (Å²) in [4.78, 5) is 29.6. The smallest absolute Gasteiger partial charge is 0.367 e. The van der Waals surface area contributed by atoms with Gasteiger partial charge in [-0.25, -0.2) is 4.79 Å². The molecule has 8 nitrogen and oxygen atoms in total. The van der Waals surface area contributed by atoms with Crippen LogP contribution < -0.4 is 4.90 Å². The van der Waals surface area contributed by atoms with Crippen molar-refractivity contribution in [3.8, 4) is 11.3 Å². The van der Waals surface area contributed by atoms with Crippen LogP contribution in [-0.4, -0.2) is 29.7 Å². The molecule has 2 aliphatic heterocycles.